The summed E-state index contributed by atoms with van der Waals surface area (Å²) in [5.41, 5.74) is -0.527. The van der Waals surface area contributed by atoms with E-state index in [0.29, 0.717) is 17.8 Å². The van der Waals surface area contributed by atoms with Crippen molar-refractivity contribution >= 4 is 22.2 Å². The normalized spacial score (nSPS) is 33.0. The minimum Gasteiger partial charge on any atom is -0.457 e. The molecule has 0 radical (unpaired) electrons. The van der Waals surface area contributed by atoms with E-state index < -0.39 is 46.3 Å². The Balaban J connectivity index is 1.42. The highest BCUT2D eigenvalue weighted by Crippen LogP contribution is 2.57. The van der Waals surface area contributed by atoms with Crippen molar-refractivity contribution in [3.63, 3.8) is 0 Å². The lowest BCUT2D eigenvalue weighted by Gasteiger charge is -2.55. The quantitative estimate of drug-likeness (QED) is 0.411. The van der Waals surface area contributed by atoms with Crippen LogP contribution in [0.4, 0.5) is 13.6 Å². The van der Waals surface area contributed by atoms with Gasteiger partial charge in [0.15, 0.2) is 0 Å². The van der Waals surface area contributed by atoms with E-state index in [1.807, 2.05) is 0 Å². The third kappa shape index (κ3) is 3.78. The summed E-state index contributed by atoms with van der Waals surface area (Å²) < 4.78 is 69.2. The molecule has 4 rings (SSSR count). The second kappa shape index (κ2) is 6.59. The van der Waals surface area contributed by atoms with Crippen molar-refractivity contribution in [1.82, 2.24) is 0 Å². The van der Waals surface area contributed by atoms with Crippen LogP contribution in [-0.2, 0) is 29.1 Å². The third-order valence-corrected chi connectivity index (χ3v) is 6.19. The summed E-state index contributed by atoms with van der Waals surface area (Å²) in [6, 6.07) is 0. The summed E-state index contributed by atoms with van der Waals surface area (Å²) >= 11 is 0. The van der Waals surface area contributed by atoms with Gasteiger partial charge in [0, 0.05) is 0 Å². The van der Waals surface area contributed by atoms with E-state index >= 15 is 0 Å². The second-order valence-corrected chi connectivity index (χ2v) is 8.89. The van der Waals surface area contributed by atoms with E-state index in [9.17, 15) is 26.8 Å². The van der Waals surface area contributed by atoms with Crippen molar-refractivity contribution in [2.24, 2.45) is 17.8 Å². The Bertz CT molecular complexity index is 654. The van der Waals surface area contributed by atoms with Crippen LogP contribution in [0.1, 0.15) is 38.5 Å². The fourth-order valence-electron chi connectivity index (χ4n) is 4.81. The number of carbonyl (C=O) groups excluding carboxylic acids is 2. The van der Waals surface area contributed by atoms with Gasteiger partial charge < -0.3 is 14.2 Å². The SMILES string of the molecule is O=C(OCCOC(=O)C(F)(F)S(=O)(=O)O)OC12CC3CC(CC(C3)C1)C2. The largest absolute Gasteiger partial charge is 0.508 e. The number of hydrogen-bond acceptors (Lipinski definition) is 7. The van der Waals surface area contributed by atoms with E-state index in [4.69, 9.17) is 14.0 Å². The van der Waals surface area contributed by atoms with Crippen LogP contribution in [-0.4, -0.2) is 49.2 Å². The number of carbonyl (C=O) groups is 2. The molecule has 4 saturated carbocycles. The smallest absolute Gasteiger partial charge is 0.457 e. The Hall–Kier alpha value is -1.49. The molecule has 0 heterocycles. The number of esters is 1. The molecule has 26 heavy (non-hydrogen) atoms. The number of rotatable bonds is 6. The van der Waals surface area contributed by atoms with Crippen LogP contribution < -0.4 is 0 Å². The average molecular weight is 398 g/mol. The van der Waals surface area contributed by atoms with Gasteiger partial charge in [-0.25, -0.2) is 9.59 Å². The third-order valence-electron chi connectivity index (χ3n) is 5.38. The Labute approximate surface area is 148 Å². The van der Waals surface area contributed by atoms with Crippen LogP contribution in [0.5, 0.6) is 0 Å². The zero-order valence-electron chi connectivity index (χ0n) is 13.9. The Morgan fingerprint density at radius 1 is 1.00 bits per heavy atom. The molecule has 1 N–H and O–H groups in total. The van der Waals surface area contributed by atoms with Gasteiger partial charge in [0.25, 0.3) is 0 Å². The van der Waals surface area contributed by atoms with E-state index in [1.165, 1.54) is 0 Å². The molecule has 0 aromatic heterocycles. The fraction of sp³-hybridized carbons (Fsp3) is 0.867. The first-order valence-corrected chi connectivity index (χ1v) is 9.83. The molecular weight excluding hydrogens is 378 g/mol. The van der Waals surface area contributed by atoms with Crippen LogP contribution >= 0.6 is 0 Å². The van der Waals surface area contributed by atoms with Gasteiger partial charge in [-0.1, -0.05) is 0 Å². The second-order valence-electron chi connectivity index (χ2n) is 7.43. The van der Waals surface area contributed by atoms with Gasteiger partial charge in [-0.2, -0.15) is 17.2 Å². The zero-order valence-corrected chi connectivity index (χ0v) is 14.7. The predicted molar refractivity (Wildman–Crippen MR) is 80.8 cm³/mol. The van der Waals surface area contributed by atoms with Crippen LogP contribution in [0, 0.1) is 17.8 Å². The first kappa shape index (κ1) is 19.3. The molecule has 0 atom stereocenters. The van der Waals surface area contributed by atoms with Gasteiger partial charge in [-0.3, -0.25) is 4.55 Å². The van der Waals surface area contributed by atoms with Crippen molar-refractivity contribution in [1.29, 1.82) is 0 Å². The van der Waals surface area contributed by atoms with Crippen molar-refractivity contribution in [3.05, 3.63) is 0 Å². The maximum atomic E-state index is 13.0. The lowest BCUT2D eigenvalue weighted by molar-refractivity contribution is -0.164. The Morgan fingerprint density at radius 2 is 1.46 bits per heavy atom. The highest BCUT2D eigenvalue weighted by atomic mass is 32.2. The predicted octanol–water partition coefficient (Wildman–Crippen LogP) is 2.13. The standard InChI is InChI=1S/C15H20F2O8S/c16-15(17,26(20,21)22)12(18)23-1-2-24-13(19)25-14-6-9-3-10(7-14)5-11(4-9)8-14/h9-11H,1-8H2,(H,20,21,22). The maximum Gasteiger partial charge on any atom is 0.508 e. The summed E-state index contributed by atoms with van der Waals surface area (Å²) in [5, 5.41) is -5.08. The molecule has 0 aromatic rings. The fourth-order valence-corrected chi connectivity index (χ4v) is 5.08. The molecule has 4 aliphatic rings. The molecule has 0 aliphatic heterocycles. The summed E-state index contributed by atoms with van der Waals surface area (Å²) in [6.45, 7) is -1.36. The van der Waals surface area contributed by atoms with Crippen molar-refractivity contribution in [2.75, 3.05) is 13.2 Å². The Morgan fingerprint density at radius 3 is 1.92 bits per heavy atom. The molecule has 8 nitrogen and oxygen atoms in total. The first-order valence-electron chi connectivity index (χ1n) is 8.38. The summed E-state index contributed by atoms with van der Waals surface area (Å²) in [6.07, 6.45) is 4.90. The molecule has 148 valence electrons. The van der Waals surface area contributed by atoms with E-state index in [-0.39, 0.29) is 0 Å². The Kier molecular flexibility index (Phi) is 4.89. The number of alkyl halides is 2. The molecule has 4 bridgehead atoms. The van der Waals surface area contributed by atoms with Crippen LogP contribution in [0.25, 0.3) is 0 Å². The summed E-state index contributed by atoms with van der Waals surface area (Å²) in [5.74, 6) is -0.786. The maximum absolute atomic E-state index is 13.0. The molecule has 4 fully saturated rings. The first-order chi connectivity index (χ1) is 12.0. The lowest BCUT2D eigenvalue weighted by Crippen LogP contribution is -2.52. The number of ether oxygens (including phenoxy) is 3. The topological polar surface area (TPSA) is 116 Å². The van der Waals surface area contributed by atoms with E-state index in [1.54, 1.807) is 0 Å². The molecule has 0 spiro atoms. The minimum atomic E-state index is -5.93. The average Bonchev–Trinajstić information content (AvgIpc) is 2.48. The van der Waals surface area contributed by atoms with Crippen LogP contribution in [0.15, 0.2) is 0 Å². The van der Waals surface area contributed by atoms with Gasteiger partial charge in [-0.05, 0) is 56.3 Å². The minimum absolute atomic E-state index is 0.527. The molecular formula is C15H20F2O8S. The van der Waals surface area contributed by atoms with Gasteiger partial charge in [-0.15, -0.1) is 0 Å². The molecule has 0 aromatic carbocycles. The van der Waals surface area contributed by atoms with E-state index in [2.05, 4.69) is 4.74 Å². The monoisotopic (exact) mass is 398 g/mol. The molecule has 0 unspecified atom stereocenters. The molecule has 11 heteroatoms. The van der Waals surface area contributed by atoms with Crippen LogP contribution in [0.3, 0.4) is 0 Å². The summed E-state index contributed by atoms with van der Waals surface area (Å²) in [7, 11) is -5.93. The van der Waals surface area contributed by atoms with Crippen molar-refractivity contribution < 1.29 is 45.6 Å². The van der Waals surface area contributed by atoms with Crippen molar-refractivity contribution in [2.45, 2.75) is 49.4 Å². The zero-order chi connectivity index (χ0) is 19.2. The van der Waals surface area contributed by atoms with Gasteiger partial charge in [0.1, 0.15) is 18.8 Å². The van der Waals surface area contributed by atoms with Crippen molar-refractivity contribution in [3.8, 4) is 0 Å². The summed E-state index contributed by atoms with van der Waals surface area (Å²) in [4.78, 5) is 22.8. The molecule has 0 amide bonds. The highest BCUT2D eigenvalue weighted by molar-refractivity contribution is 7.87. The molecule has 4 aliphatic carbocycles. The van der Waals surface area contributed by atoms with E-state index in [0.717, 1.165) is 38.5 Å². The molecule has 0 saturated heterocycles. The lowest BCUT2D eigenvalue weighted by atomic mass is 9.54. The van der Waals surface area contributed by atoms with Crippen LogP contribution in [0.2, 0.25) is 0 Å². The highest BCUT2D eigenvalue weighted by Gasteiger charge is 2.55. The van der Waals surface area contributed by atoms with Gasteiger partial charge in [0.05, 0.1) is 0 Å². The van der Waals surface area contributed by atoms with Gasteiger partial charge in [0.2, 0.25) is 0 Å². The van der Waals surface area contributed by atoms with Gasteiger partial charge >= 0.3 is 27.5 Å². The number of halogens is 2. The number of hydrogen-bond donors (Lipinski definition) is 1.